The summed E-state index contributed by atoms with van der Waals surface area (Å²) in [6.45, 7) is 8.58. The number of ketones is 1. The number of carbonyl (C=O) groups is 2. The highest BCUT2D eigenvalue weighted by Gasteiger charge is 2.22. The molecule has 0 aliphatic carbocycles. The predicted octanol–water partition coefficient (Wildman–Crippen LogP) is 2.52. The predicted molar refractivity (Wildman–Crippen MR) is 98.0 cm³/mol. The summed E-state index contributed by atoms with van der Waals surface area (Å²) in [7, 11) is 0. The Bertz CT molecular complexity index is 752. The molecule has 134 valence electrons. The minimum atomic E-state index is 0.0117. The van der Waals surface area contributed by atoms with Crippen molar-refractivity contribution in [1.29, 1.82) is 0 Å². The molecule has 6 nitrogen and oxygen atoms in total. The zero-order chi connectivity index (χ0) is 17.8. The van der Waals surface area contributed by atoms with E-state index in [4.69, 9.17) is 0 Å². The van der Waals surface area contributed by atoms with Crippen LogP contribution >= 0.6 is 11.3 Å². The first-order chi connectivity index (χ1) is 12.1. The molecule has 3 rings (SSSR count). The second kappa shape index (κ2) is 7.93. The Labute approximate surface area is 152 Å². The molecule has 0 radical (unpaired) electrons. The number of thiophene rings is 1. The molecule has 3 heterocycles. The monoisotopic (exact) mass is 360 g/mol. The molecule has 0 spiro atoms. The largest absolute Gasteiger partial charge is 0.337 e. The number of carbonyl (C=O) groups excluding carboxylic acids is 2. The second-order valence-electron chi connectivity index (χ2n) is 6.30. The number of rotatable bonds is 5. The minimum absolute atomic E-state index is 0.0117. The lowest BCUT2D eigenvalue weighted by Gasteiger charge is -2.21. The highest BCUT2D eigenvalue weighted by molar-refractivity contribution is 7.15. The van der Waals surface area contributed by atoms with Gasteiger partial charge in [-0.1, -0.05) is 0 Å². The summed E-state index contributed by atoms with van der Waals surface area (Å²) in [5.41, 5.74) is 1.07. The van der Waals surface area contributed by atoms with Crippen LogP contribution < -0.4 is 0 Å². The van der Waals surface area contributed by atoms with Gasteiger partial charge in [0.2, 0.25) is 0 Å². The van der Waals surface area contributed by atoms with E-state index in [-0.39, 0.29) is 11.7 Å². The van der Waals surface area contributed by atoms with Gasteiger partial charge in [0, 0.05) is 45.5 Å². The zero-order valence-electron chi connectivity index (χ0n) is 14.8. The number of hydrogen-bond donors (Lipinski definition) is 0. The third-order valence-electron chi connectivity index (χ3n) is 4.44. The minimum Gasteiger partial charge on any atom is -0.337 e. The molecule has 0 unspecified atom stereocenters. The lowest BCUT2D eigenvalue weighted by atomic mass is 10.3. The molecule has 0 atom stereocenters. The summed E-state index contributed by atoms with van der Waals surface area (Å²) in [5.74, 6) is 0.0484. The highest BCUT2D eigenvalue weighted by atomic mass is 32.1. The van der Waals surface area contributed by atoms with Gasteiger partial charge >= 0.3 is 0 Å². The van der Waals surface area contributed by atoms with Crippen LogP contribution in [0.5, 0.6) is 0 Å². The first kappa shape index (κ1) is 17.8. The van der Waals surface area contributed by atoms with E-state index in [0.717, 1.165) is 44.8 Å². The molecule has 1 aliphatic heterocycles. The van der Waals surface area contributed by atoms with Crippen molar-refractivity contribution in [1.82, 2.24) is 19.6 Å². The Hall–Kier alpha value is -1.99. The molecular weight excluding hydrogens is 336 g/mol. The molecule has 7 heteroatoms. The third-order valence-corrected chi connectivity index (χ3v) is 5.62. The molecule has 1 aliphatic rings. The number of hydrogen-bond acceptors (Lipinski definition) is 5. The van der Waals surface area contributed by atoms with E-state index >= 15 is 0 Å². The molecule has 2 aromatic rings. The van der Waals surface area contributed by atoms with Gasteiger partial charge in [-0.2, -0.15) is 5.10 Å². The van der Waals surface area contributed by atoms with Gasteiger partial charge in [0.1, 0.15) is 0 Å². The summed E-state index contributed by atoms with van der Waals surface area (Å²) < 4.78 is 1.94. The molecule has 1 saturated heterocycles. The van der Waals surface area contributed by atoms with Crippen molar-refractivity contribution < 1.29 is 9.59 Å². The van der Waals surface area contributed by atoms with Crippen LogP contribution in [0.3, 0.4) is 0 Å². The zero-order valence-corrected chi connectivity index (χ0v) is 15.6. The second-order valence-corrected chi connectivity index (χ2v) is 7.39. The smallest absolute Gasteiger partial charge is 0.263 e. The van der Waals surface area contributed by atoms with Crippen molar-refractivity contribution in [2.24, 2.45) is 0 Å². The van der Waals surface area contributed by atoms with Crippen LogP contribution in [-0.4, -0.2) is 57.4 Å². The van der Waals surface area contributed by atoms with Gasteiger partial charge in [0.15, 0.2) is 5.78 Å². The van der Waals surface area contributed by atoms with Gasteiger partial charge in [0.25, 0.3) is 5.91 Å². The lowest BCUT2D eigenvalue weighted by Crippen LogP contribution is -2.34. The van der Waals surface area contributed by atoms with Crippen molar-refractivity contribution in [3.8, 4) is 0 Å². The lowest BCUT2D eigenvalue weighted by molar-refractivity contribution is 0.0765. The van der Waals surface area contributed by atoms with Crippen molar-refractivity contribution >= 4 is 23.0 Å². The fourth-order valence-electron chi connectivity index (χ4n) is 3.02. The summed E-state index contributed by atoms with van der Waals surface area (Å²) in [6.07, 6.45) is 2.96. The van der Waals surface area contributed by atoms with E-state index in [1.807, 2.05) is 15.8 Å². The molecule has 1 amide bonds. The van der Waals surface area contributed by atoms with Crippen LogP contribution in [0.1, 0.15) is 45.3 Å². The van der Waals surface area contributed by atoms with Crippen LogP contribution in [-0.2, 0) is 13.1 Å². The van der Waals surface area contributed by atoms with Crippen molar-refractivity contribution in [2.45, 2.75) is 33.4 Å². The number of nitrogens with zero attached hydrogens (tertiary/aromatic N) is 4. The molecule has 0 bridgehead atoms. The maximum atomic E-state index is 12.7. The Morgan fingerprint density at radius 3 is 2.60 bits per heavy atom. The Morgan fingerprint density at radius 1 is 1.12 bits per heavy atom. The summed E-state index contributed by atoms with van der Waals surface area (Å²) in [6, 6.07) is 5.57. The summed E-state index contributed by atoms with van der Waals surface area (Å²) >= 11 is 1.29. The summed E-state index contributed by atoms with van der Waals surface area (Å²) in [5, 5.41) is 4.54. The maximum Gasteiger partial charge on any atom is 0.263 e. The Balaban J connectivity index is 1.58. The fourth-order valence-corrected chi connectivity index (χ4v) is 3.89. The average Bonchev–Trinajstić information content (AvgIpc) is 3.20. The molecule has 25 heavy (non-hydrogen) atoms. The Kier molecular flexibility index (Phi) is 5.65. The van der Waals surface area contributed by atoms with Crippen LogP contribution in [0.2, 0.25) is 0 Å². The number of aryl methyl sites for hydroxylation is 1. The molecular formula is C18H24N4O2S. The fraction of sp³-hybridized carbons (Fsp3) is 0.500. The van der Waals surface area contributed by atoms with Crippen molar-refractivity contribution in [3.63, 3.8) is 0 Å². The van der Waals surface area contributed by atoms with Gasteiger partial charge in [-0.05, 0) is 38.5 Å². The van der Waals surface area contributed by atoms with Gasteiger partial charge in [-0.25, -0.2) is 0 Å². The first-order valence-electron chi connectivity index (χ1n) is 8.71. The van der Waals surface area contributed by atoms with E-state index in [1.54, 1.807) is 12.1 Å². The first-order valence-corrected chi connectivity index (χ1v) is 9.53. The molecule has 0 N–H and O–H groups in total. The van der Waals surface area contributed by atoms with Crippen LogP contribution in [0.4, 0.5) is 0 Å². The standard InChI is InChI=1S/C18H24N4O2S/c1-3-22-10-7-15(19-22)13-20-8-4-9-21(12-11-20)18(24)17-6-5-16(25-17)14(2)23/h5-7,10H,3-4,8-9,11-13H2,1-2H3. The van der Waals surface area contributed by atoms with Gasteiger partial charge in [-0.15, -0.1) is 11.3 Å². The maximum absolute atomic E-state index is 12.7. The van der Waals surface area contributed by atoms with E-state index in [1.165, 1.54) is 18.3 Å². The number of Topliss-reactive ketones (excluding diaryl/α,β-unsaturated/α-hetero) is 1. The Morgan fingerprint density at radius 2 is 1.92 bits per heavy atom. The van der Waals surface area contributed by atoms with E-state index in [0.29, 0.717) is 16.3 Å². The van der Waals surface area contributed by atoms with Crippen molar-refractivity contribution in [3.05, 3.63) is 39.8 Å². The quantitative estimate of drug-likeness (QED) is 0.769. The average molecular weight is 360 g/mol. The SMILES string of the molecule is CCn1ccc(CN2CCCN(C(=O)c3ccc(C(C)=O)s3)CC2)n1. The highest BCUT2D eigenvalue weighted by Crippen LogP contribution is 2.20. The topological polar surface area (TPSA) is 58.4 Å². The van der Waals surface area contributed by atoms with E-state index in [9.17, 15) is 9.59 Å². The van der Waals surface area contributed by atoms with Gasteiger partial charge < -0.3 is 4.90 Å². The number of aromatic nitrogens is 2. The van der Waals surface area contributed by atoms with E-state index < -0.39 is 0 Å². The van der Waals surface area contributed by atoms with Crippen LogP contribution in [0, 0.1) is 0 Å². The van der Waals surface area contributed by atoms with E-state index in [2.05, 4.69) is 23.0 Å². The molecule has 2 aromatic heterocycles. The van der Waals surface area contributed by atoms with Crippen molar-refractivity contribution in [2.75, 3.05) is 26.2 Å². The molecule has 0 saturated carbocycles. The normalized spacial score (nSPS) is 16.0. The number of amides is 1. The van der Waals surface area contributed by atoms with Gasteiger partial charge in [0.05, 0.1) is 15.4 Å². The summed E-state index contributed by atoms with van der Waals surface area (Å²) in [4.78, 5) is 29.7. The molecule has 0 aromatic carbocycles. The van der Waals surface area contributed by atoms with Gasteiger partial charge in [-0.3, -0.25) is 19.2 Å². The van der Waals surface area contributed by atoms with Crippen LogP contribution in [0.15, 0.2) is 24.4 Å². The van der Waals surface area contributed by atoms with Crippen LogP contribution in [0.25, 0.3) is 0 Å². The third kappa shape index (κ3) is 4.35. The molecule has 1 fully saturated rings.